The first-order valence-corrected chi connectivity index (χ1v) is 3.95. The molecule has 66 valence electrons. The van der Waals surface area contributed by atoms with Crippen LogP contribution in [-0.2, 0) is 4.74 Å². The molecule has 0 aromatic carbocycles. The zero-order chi connectivity index (χ0) is 5.84. The van der Waals surface area contributed by atoms with Gasteiger partial charge in [0, 0.05) is 12.8 Å². The molecule has 4 N–H and O–H groups in total. The lowest BCUT2D eigenvalue weighted by Gasteiger charge is -2.19. The summed E-state index contributed by atoms with van der Waals surface area (Å²) in [5.41, 5.74) is 0. The second kappa shape index (κ2) is 3.01. The zero-order valence-corrected chi connectivity index (χ0v) is 7.88. The maximum atomic E-state index is 5.49. The summed E-state index contributed by atoms with van der Waals surface area (Å²) in [6.45, 7) is 0. The van der Waals surface area contributed by atoms with E-state index in [0.29, 0.717) is 12.2 Å². The molecule has 11 heavy (non-hydrogen) atoms. The van der Waals surface area contributed by atoms with E-state index in [2.05, 4.69) is 5.32 Å². The Morgan fingerprint density at radius 1 is 1.09 bits per heavy atom. The van der Waals surface area contributed by atoms with Gasteiger partial charge in [0.15, 0.2) is 0 Å². The summed E-state index contributed by atoms with van der Waals surface area (Å²) < 4.78 is 5.49. The SMILES string of the molecule is C1CC2[NH2+]C(C1)C1OC21.O.[Br-]. The normalized spacial score (nSPS) is 50.2. The van der Waals surface area contributed by atoms with Crippen LogP contribution in [0.4, 0.5) is 0 Å². The van der Waals surface area contributed by atoms with Crippen molar-refractivity contribution in [1.29, 1.82) is 0 Å². The van der Waals surface area contributed by atoms with Crippen LogP contribution in [0.15, 0.2) is 0 Å². The lowest BCUT2D eigenvalue weighted by Crippen LogP contribution is -3.00. The van der Waals surface area contributed by atoms with Crippen molar-refractivity contribution in [3.63, 3.8) is 0 Å². The van der Waals surface area contributed by atoms with Crippen LogP contribution in [0.1, 0.15) is 19.3 Å². The van der Waals surface area contributed by atoms with E-state index in [-0.39, 0.29) is 22.5 Å². The quantitative estimate of drug-likeness (QED) is 0.414. The van der Waals surface area contributed by atoms with Crippen LogP contribution in [0.2, 0.25) is 0 Å². The van der Waals surface area contributed by atoms with Crippen molar-refractivity contribution < 1.29 is 32.5 Å². The highest BCUT2D eigenvalue weighted by atomic mass is 79.9. The number of ether oxygens (including phenoxy) is 1. The predicted octanol–water partition coefficient (Wildman–Crippen LogP) is -4.57. The molecule has 0 spiro atoms. The van der Waals surface area contributed by atoms with Crippen LogP contribution >= 0.6 is 0 Å². The maximum absolute atomic E-state index is 5.49. The highest BCUT2D eigenvalue weighted by Crippen LogP contribution is 2.37. The fourth-order valence-corrected chi connectivity index (χ4v) is 2.47. The third-order valence-corrected chi connectivity index (χ3v) is 2.97. The Labute approximate surface area is 76.6 Å². The largest absolute Gasteiger partial charge is 1.00 e. The minimum absolute atomic E-state index is 0. The third kappa shape index (κ3) is 1.22. The minimum atomic E-state index is 0. The topological polar surface area (TPSA) is 60.6 Å². The molecule has 4 atom stereocenters. The number of quaternary nitrogens is 1. The Morgan fingerprint density at radius 3 is 2.09 bits per heavy atom. The number of hydrogen-bond donors (Lipinski definition) is 1. The Bertz CT molecular complexity index is 141. The molecule has 0 aliphatic carbocycles. The second-order valence-corrected chi connectivity index (χ2v) is 3.52. The molecule has 3 aliphatic rings. The van der Waals surface area contributed by atoms with Gasteiger partial charge in [-0.15, -0.1) is 0 Å². The molecule has 3 heterocycles. The van der Waals surface area contributed by atoms with E-state index in [0.717, 1.165) is 12.1 Å². The summed E-state index contributed by atoms with van der Waals surface area (Å²) in [6.07, 6.45) is 5.60. The first-order valence-electron chi connectivity index (χ1n) is 3.95. The molecule has 3 nitrogen and oxygen atoms in total. The highest BCUT2D eigenvalue weighted by molar-refractivity contribution is 5.02. The molecule has 3 aliphatic heterocycles. The number of rotatable bonds is 0. The van der Waals surface area contributed by atoms with Crippen LogP contribution < -0.4 is 22.3 Å². The zero-order valence-electron chi connectivity index (χ0n) is 6.29. The van der Waals surface area contributed by atoms with Crippen LogP contribution in [0.25, 0.3) is 0 Å². The van der Waals surface area contributed by atoms with Gasteiger partial charge < -0.3 is 32.5 Å². The Hall–Kier alpha value is 0.360. The van der Waals surface area contributed by atoms with Gasteiger partial charge in [0.05, 0.1) is 0 Å². The average molecular weight is 224 g/mol. The molecule has 2 bridgehead atoms. The number of halogens is 1. The molecule has 4 heteroatoms. The lowest BCUT2D eigenvalue weighted by molar-refractivity contribution is -0.721. The predicted molar refractivity (Wildman–Crippen MR) is 35.6 cm³/mol. The fourth-order valence-electron chi connectivity index (χ4n) is 2.47. The van der Waals surface area contributed by atoms with Crippen molar-refractivity contribution in [3.8, 4) is 0 Å². The molecule has 3 rings (SSSR count). The standard InChI is InChI=1S/C7H11NO.BrH.H2O/c1-2-4-6-7(9-6)5(3-1)8-4;;/h4-8H,1-3H2;1H;1H2. The summed E-state index contributed by atoms with van der Waals surface area (Å²) in [5, 5.41) is 2.53. The number of epoxide rings is 1. The van der Waals surface area contributed by atoms with Gasteiger partial charge in [0.1, 0.15) is 24.3 Å². The summed E-state index contributed by atoms with van der Waals surface area (Å²) >= 11 is 0. The third-order valence-electron chi connectivity index (χ3n) is 2.97. The number of nitrogens with two attached hydrogens (primary N) is 1. The molecule has 0 amide bonds. The summed E-state index contributed by atoms with van der Waals surface area (Å²) in [5.74, 6) is 0. The van der Waals surface area contributed by atoms with Crippen molar-refractivity contribution in [2.45, 2.75) is 43.6 Å². The van der Waals surface area contributed by atoms with Gasteiger partial charge in [-0.1, -0.05) is 0 Å². The molecular formula is C7H14BrNO2. The Kier molecular flexibility index (Phi) is 2.59. The number of piperidine rings is 1. The van der Waals surface area contributed by atoms with Crippen LogP contribution in [-0.4, -0.2) is 29.8 Å². The van der Waals surface area contributed by atoms with E-state index in [9.17, 15) is 0 Å². The summed E-state index contributed by atoms with van der Waals surface area (Å²) in [4.78, 5) is 0. The lowest BCUT2D eigenvalue weighted by atomic mass is 10.1. The van der Waals surface area contributed by atoms with Gasteiger partial charge >= 0.3 is 0 Å². The minimum Gasteiger partial charge on any atom is -1.00 e. The molecule has 3 fully saturated rings. The van der Waals surface area contributed by atoms with Gasteiger partial charge in [-0.25, -0.2) is 0 Å². The molecule has 0 aromatic heterocycles. The molecule has 4 unspecified atom stereocenters. The van der Waals surface area contributed by atoms with Gasteiger partial charge in [0.25, 0.3) is 0 Å². The van der Waals surface area contributed by atoms with Crippen molar-refractivity contribution in [3.05, 3.63) is 0 Å². The van der Waals surface area contributed by atoms with E-state index >= 15 is 0 Å². The number of morpholine rings is 1. The van der Waals surface area contributed by atoms with Crippen molar-refractivity contribution in [2.24, 2.45) is 0 Å². The average Bonchev–Trinajstić information content (AvgIpc) is 2.62. The summed E-state index contributed by atoms with van der Waals surface area (Å²) in [7, 11) is 0. The van der Waals surface area contributed by atoms with E-state index in [1.54, 1.807) is 0 Å². The first-order chi connectivity index (χ1) is 4.45. The van der Waals surface area contributed by atoms with Crippen LogP contribution in [0.5, 0.6) is 0 Å². The van der Waals surface area contributed by atoms with E-state index in [1.807, 2.05) is 0 Å². The maximum Gasteiger partial charge on any atom is 0.142 e. The molecule has 3 saturated heterocycles. The number of hydrogen-bond acceptors (Lipinski definition) is 1. The van der Waals surface area contributed by atoms with Gasteiger partial charge in [-0.05, 0) is 6.42 Å². The smallest absolute Gasteiger partial charge is 0.142 e. The monoisotopic (exact) mass is 223 g/mol. The first kappa shape index (κ1) is 9.45. The Morgan fingerprint density at radius 2 is 1.64 bits per heavy atom. The number of fused-ring (bicyclic) bond motifs is 5. The molecular weight excluding hydrogens is 210 g/mol. The fraction of sp³-hybridized carbons (Fsp3) is 1.00. The van der Waals surface area contributed by atoms with Crippen molar-refractivity contribution >= 4 is 0 Å². The van der Waals surface area contributed by atoms with E-state index in [4.69, 9.17) is 4.74 Å². The van der Waals surface area contributed by atoms with E-state index < -0.39 is 0 Å². The van der Waals surface area contributed by atoms with Crippen molar-refractivity contribution in [1.82, 2.24) is 0 Å². The van der Waals surface area contributed by atoms with Crippen LogP contribution in [0.3, 0.4) is 0 Å². The Balaban J connectivity index is 0.000000302. The molecule has 0 aromatic rings. The molecule has 0 saturated carbocycles. The molecule has 0 radical (unpaired) electrons. The van der Waals surface area contributed by atoms with Gasteiger partial charge in [-0.2, -0.15) is 0 Å². The van der Waals surface area contributed by atoms with Gasteiger partial charge in [-0.3, -0.25) is 0 Å². The van der Waals surface area contributed by atoms with E-state index in [1.165, 1.54) is 19.3 Å². The summed E-state index contributed by atoms with van der Waals surface area (Å²) in [6, 6.07) is 1.71. The van der Waals surface area contributed by atoms with Gasteiger partial charge in [0.2, 0.25) is 0 Å². The van der Waals surface area contributed by atoms with Crippen LogP contribution in [0, 0.1) is 0 Å². The highest BCUT2D eigenvalue weighted by Gasteiger charge is 2.61. The van der Waals surface area contributed by atoms with Crippen molar-refractivity contribution in [2.75, 3.05) is 0 Å². The second-order valence-electron chi connectivity index (χ2n) is 3.52.